The Kier molecular flexibility index (Phi) is 8.44. The molecule has 4 aliphatic rings. The normalized spacial score (nSPS) is 21.2. The number of fused-ring (bicyclic) bond motifs is 7. The van der Waals surface area contributed by atoms with Crippen LogP contribution in [-0.2, 0) is 21.7 Å². The molecule has 310 valence electrons. The fraction of sp³-hybridized carbons (Fsp3) is 0.368. The summed E-state index contributed by atoms with van der Waals surface area (Å²) in [6.45, 7) is 31.2. The average Bonchev–Trinajstić information content (AvgIpc) is 3.50. The van der Waals surface area contributed by atoms with Gasteiger partial charge in [-0.05, 0) is 135 Å². The smallest absolute Gasteiger partial charge is 0.252 e. The van der Waals surface area contributed by atoms with E-state index in [2.05, 4.69) is 232 Å². The maximum atomic E-state index is 2.79. The summed E-state index contributed by atoms with van der Waals surface area (Å²) in [7, 11) is 0. The highest BCUT2D eigenvalue weighted by molar-refractivity contribution is 7.00. The Morgan fingerprint density at radius 1 is 0.443 bits per heavy atom. The van der Waals surface area contributed by atoms with Gasteiger partial charge in [-0.2, -0.15) is 0 Å². The minimum atomic E-state index is -0.146. The molecule has 2 atom stereocenters. The molecule has 6 aromatic rings. The lowest BCUT2D eigenvalue weighted by molar-refractivity contribution is 0.330. The summed E-state index contributed by atoms with van der Waals surface area (Å²) in [5.74, 6) is 0. The summed E-state index contributed by atoms with van der Waals surface area (Å²) in [6.07, 6.45) is 2.25. The molecule has 1 aliphatic carbocycles. The molecule has 0 spiro atoms. The SMILES string of the molecule is CC1(C)CC2(C)c3cc(C(C)(C)C)ccc3N(c3cc4c5c(c3)N(c3ccc(C(C)(C)C)cc3)c3ccc(C(C)(C)C)cc3B5c3ccccc3N4c3ccccc3)C2(C)C1. The topological polar surface area (TPSA) is 9.72 Å². The molecule has 3 heterocycles. The molecule has 0 saturated heterocycles. The van der Waals surface area contributed by atoms with E-state index in [0.717, 1.165) is 12.8 Å². The molecular weight excluding hydrogens is 737 g/mol. The predicted molar refractivity (Wildman–Crippen MR) is 264 cm³/mol. The highest BCUT2D eigenvalue weighted by Crippen LogP contribution is 2.67. The first-order chi connectivity index (χ1) is 28.6. The molecule has 6 aromatic carbocycles. The number of hydrogen-bond donors (Lipinski definition) is 0. The largest absolute Gasteiger partial charge is 0.334 e. The standard InChI is InChI=1S/C57H64BN3/c1-52(2,3)37-23-27-41(28-24-37)60-48-30-26-39(54(7,8)9)32-45(48)58-44-21-17-18-22-47(44)59(40-19-15-14-16-20-40)49-33-42(34-50(60)51(49)58)61-46-29-25-38(53(4,5)6)31-43(46)56(12)35-55(10,11)36-57(56,61)13/h14-34H,35-36H2,1-13H3. The Morgan fingerprint density at radius 2 is 0.951 bits per heavy atom. The second-order valence-corrected chi connectivity index (χ2v) is 23.2. The van der Waals surface area contributed by atoms with Crippen LogP contribution < -0.4 is 31.1 Å². The summed E-state index contributed by atoms with van der Waals surface area (Å²) in [5.41, 5.74) is 19.8. The number of benzene rings is 6. The van der Waals surface area contributed by atoms with Crippen LogP contribution in [0, 0.1) is 5.41 Å². The van der Waals surface area contributed by atoms with E-state index < -0.39 is 0 Å². The highest BCUT2D eigenvalue weighted by Gasteiger charge is 2.64. The van der Waals surface area contributed by atoms with Gasteiger partial charge in [0.2, 0.25) is 0 Å². The molecule has 0 amide bonds. The van der Waals surface area contributed by atoms with Crippen LogP contribution in [0.25, 0.3) is 0 Å². The van der Waals surface area contributed by atoms with Crippen molar-refractivity contribution in [3.63, 3.8) is 0 Å². The molecule has 0 N–H and O–H groups in total. The van der Waals surface area contributed by atoms with E-state index in [1.807, 2.05) is 0 Å². The third kappa shape index (κ3) is 5.90. The van der Waals surface area contributed by atoms with E-state index in [-0.39, 0.29) is 39.3 Å². The number of para-hydroxylation sites is 2. The quantitative estimate of drug-likeness (QED) is 0.165. The van der Waals surface area contributed by atoms with E-state index in [4.69, 9.17) is 0 Å². The van der Waals surface area contributed by atoms with E-state index in [0.29, 0.717) is 0 Å². The first-order valence-corrected chi connectivity index (χ1v) is 22.7. The number of anilines is 8. The second-order valence-electron chi connectivity index (χ2n) is 23.2. The van der Waals surface area contributed by atoms with Crippen molar-refractivity contribution in [2.24, 2.45) is 5.41 Å². The van der Waals surface area contributed by atoms with Gasteiger partial charge >= 0.3 is 0 Å². The van der Waals surface area contributed by atoms with Gasteiger partial charge in [0.05, 0.1) is 5.54 Å². The van der Waals surface area contributed by atoms with Gasteiger partial charge in [-0.25, -0.2) is 0 Å². The maximum absolute atomic E-state index is 2.79. The third-order valence-corrected chi connectivity index (χ3v) is 15.1. The van der Waals surface area contributed by atoms with E-state index in [1.165, 1.54) is 84.1 Å². The van der Waals surface area contributed by atoms with Crippen molar-refractivity contribution in [3.05, 3.63) is 150 Å². The average molecular weight is 802 g/mol. The molecule has 61 heavy (non-hydrogen) atoms. The van der Waals surface area contributed by atoms with Crippen molar-refractivity contribution in [1.82, 2.24) is 0 Å². The van der Waals surface area contributed by atoms with Crippen LogP contribution in [0.5, 0.6) is 0 Å². The summed E-state index contributed by atoms with van der Waals surface area (Å²) >= 11 is 0. The predicted octanol–water partition coefficient (Wildman–Crippen LogP) is 13.6. The Labute approximate surface area is 366 Å². The van der Waals surface area contributed by atoms with Crippen LogP contribution in [0.4, 0.5) is 45.5 Å². The first kappa shape index (κ1) is 39.9. The van der Waals surface area contributed by atoms with Crippen molar-refractivity contribution >= 4 is 68.6 Å². The summed E-state index contributed by atoms with van der Waals surface area (Å²) in [6, 6.07) is 49.6. The number of rotatable bonds is 3. The molecule has 0 bridgehead atoms. The van der Waals surface area contributed by atoms with Crippen molar-refractivity contribution in [3.8, 4) is 0 Å². The number of nitrogens with zero attached hydrogens (tertiary/aromatic N) is 3. The van der Waals surface area contributed by atoms with Gasteiger partial charge in [0, 0.05) is 50.9 Å². The Bertz CT molecular complexity index is 2730. The van der Waals surface area contributed by atoms with Gasteiger partial charge in [0.1, 0.15) is 0 Å². The van der Waals surface area contributed by atoms with Crippen molar-refractivity contribution in [2.45, 2.75) is 130 Å². The van der Waals surface area contributed by atoms with E-state index in [9.17, 15) is 0 Å². The van der Waals surface area contributed by atoms with Crippen LogP contribution in [-0.4, -0.2) is 12.3 Å². The summed E-state index contributed by atoms with van der Waals surface area (Å²) < 4.78 is 0. The van der Waals surface area contributed by atoms with Crippen LogP contribution in [0.1, 0.15) is 125 Å². The van der Waals surface area contributed by atoms with Crippen LogP contribution in [0.3, 0.4) is 0 Å². The van der Waals surface area contributed by atoms with Crippen molar-refractivity contribution < 1.29 is 0 Å². The maximum Gasteiger partial charge on any atom is 0.252 e. The summed E-state index contributed by atoms with van der Waals surface area (Å²) in [4.78, 5) is 7.95. The van der Waals surface area contributed by atoms with E-state index in [1.54, 1.807) is 0 Å². The van der Waals surface area contributed by atoms with E-state index >= 15 is 0 Å². The minimum Gasteiger partial charge on any atom is -0.334 e. The van der Waals surface area contributed by atoms with Gasteiger partial charge in [-0.15, -0.1) is 0 Å². The zero-order valence-electron chi connectivity index (χ0n) is 39.0. The van der Waals surface area contributed by atoms with Gasteiger partial charge in [-0.1, -0.05) is 156 Å². The molecule has 0 radical (unpaired) electrons. The number of hydrogen-bond acceptors (Lipinski definition) is 3. The molecule has 0 aromatic heterocycles. The van der Waals surface area contributed by atoms with Crippen LogP contribution in [0.15, 0.2) is 127 Å². The monoisotopic (exact) mass is 802 g/mol. The Morgan fingerprint density at radius 3 is 1.56 bits per heavy atom. The van der Waals surface area contributed by atoms with Crippen LogP contribution in [0.2, 0.25) is 0 Å². The minimum absolute atomic E-state index is 0.00140. The van der Waals surface area contributed by atoms with Gasteiger partial charge in [0.25, 0.3) is 6.71 Å². The van der Waals surface area contributed by atoms with Gasteiger partial charge < -0.3 is 14.7 Å². The Balaban J connectivity index is 1.32. The molecule has 1 saturated carbocycles. The van der Waals surface area contributed by atoms with Crippen molar-refractivity contribution in [1.29, 1.82) is 0 Å². The first-order valence-electron chi connectivity index (χ1n) is 22.7. The zero-order chi connectivity index (χ0) is 43.2. The molecule has 3 aliphatic heterocycles. The summed E-state index contributed by atoms with van der Waals surface area (Å²) in [5, 5.41) is 0. The molecule has 4 heteroatoms. The fourth-order valence-corrected chi connectivity index (χ4v) is 12.2. The van der Waals surface area contributed by atoms with Crippen molar-refractivity contribution in [2.75, 3.05) is 14.7 Å². The molecule has 1 fully saturated rings. The fourth-order valence-electron chi connectivity index (χ4n) is 12.2. The van der Waals surface area contributed by atoms with Crippen LogP contribution >= 0.6 is 0 Å². The zero-order valence-corrected chi connectivity index (χ0v) is 39.0. The Hall–Kier alpha value is -5.22. The molecular formula is C57H64BN3. The lowest BCUT2D eigenvalue weighted by Gasteiger charge is -2.47. The third-order valence-electron chi connectivity index (χ3n) is 15.1. The molecule has 10 rings (SSSR count). The lowest BCUT2D eigenvalue weighted by Crippen LogP contribution is -2.61. The molecule has 2 unspecified atom stereocenters. The lowest BCUT2D eigenvalue weighted by atomic mass is 9.33. The highest BCUT2D eigenvalue weighted by atomic mass is 15.3. The van der Waals surface area contributed by atoms with Gasteiger partial charge in [-0.3, -0.25) is 0 Å². The van der Waals surface area contributed by atoms with Gasteiger partial charge in [0.15, 0.2) is 0 Å². The second kappa shape index (κ2) is 12.9. The molecule has 3 nitrogen and oxygen atoms in total.